The van der Waals surface area contributed by atoms with E-state index in [0.717, 1.165) is 18.4 Å². The minimum absolute atomic E-state index is 0.318. The maximum absolute atomic E-state index is 10.7. The van der Waals surface area contributed by atoms with Crippen LogP contribution in [0.3, 0.4) is 0 Å². The van der Waals surface area contributed by atoms with Gasteiger partial charge in [0.2, 0.25) is 0 Å². The van der Waals surface area contributed by atoms with Crippen LogP contribution in [0.25, 0.3) is 9.78 Å². The molecule has 0 atom stereocenters. The number of aromatic carboxylic acids is 1. The molecule has 0 spiro atoms. The van der Waals surface area contributed by atoms with E-state index in [-0.39, 0.29) is 0 Å². The van der Waals surface area contributed by atoms with E-state index in [0.29, 0.717) is 20.2 Å². The van der Waals surface area contributed by atoms with Crippen molar-refractivity contribution < 1.29 is 9.90 Å². The molecule has 2 heterocycles. The van der Waals surface area contributed by atoms with Crippen molar-refractivity contribution in [3.8, 4) is 0 Å². The molecule has 3 nitrogen and oxygen atoms in total. The Morgan fingerprint density at radius 3 is 3.07 bits per heavy atom. The third-order valence-electron chi connectivity index (χ3n) is 2.18. The predicted molar refractivity (Wildman–Crippen MR) is 56.2 cm³/mol. The molecule has 0 aliphatic rings. The summed E-state index contributed by atoms with van der Waals surface area (Å²) in [7, 11) is 0. The van der Waals surface area contributed by atoms with Crippen molar-refractivity contribution in [3.63, 3.8) is 0 Å². The number of nitrogens with one attached hydrogen (secondary N) is 1. The molecule has 0 saturated carbocycles. The molecule has 74 valence electrons. The van der Waals surface area contributed by atoms with Crippen LogP contribution in [-0.4, -0.2) is 30.6 Å². The summed E-state index contributed by atoms with van der Waals surface area (Å²) in [6.45, 7) is 2.13. The average molecular weight is 256 g/mol. The summed E-state index contributed by atoms with van der Waals surface area (Å²) in [4.78, 5) is 15.9. The van der Waals surface area contributed by atoms with Gasteiger partial charge >= 0.3 is 87.2 Å². The van der Waals surface area contributed by atoms with Gasteiger partial charge in [-0.25, -0.2) is 0 Å². The number of carbonyl (C=O) groups is 1. The van der Waals surface area contributed by atoms with E-state index in [2.05, 4.69) is 16.8 Å². The molecule has 0 bridgehead atoms. The van der Waals surface area contributed by atoms with Crippen LogP contribution in [0.5, 0.6) is 0 Å². The standard InChI is InChI=1S/C10H11NO2Se/c1-2-3-6-5-14-8-4-7(10(12)13)11-9(6)8/h4-5,11H,2-3H2,1H3,(H,12,13). The molecule has 0 saturated heterocycles. The van der Waals surface area contributed by atoms with Gasteiger partial charge in [-0.1, -0.05) is 0 Å². The first kappa shape index (κ1) is 9.56. The van der Waals surface area contributed by atoms with Gasteiger partial charge in [-0.3, -0.25) is 0 Å². The van der Waals surface area contributed by atoms with Crippen molar-refractivity contribution in [2.24, 2.45) is 0 Å². The molecule has 0 radical (unpaired) electrons. The molecule has 0 aromatic carbocycles. The number of rotatable bonds is 3. The molecule has 0 aliphatic carbocycles. The number of carboxylic acid groups (broad SMARTS) is 1. The van der Waals surface area contributed by atoms with E-state index >= 15 is 0 Å². The molecule has 14 heavy (non-hydrogen) atoms. The number of aromatic nitrogens is 1. The van der Waals surface area contributed by atoms with E-state index in [4.69, 9.17) is 5.11 Å². The fourth-order valence-electron chi connectivity index (χ4n) is 1.53. The van der Waals surface area contributed by atoms with Crippen LogP contribution in [0.2, 0.25) is 0 Å². The zero-order valence-corrected chi connectivity index (χ0v) is 9.55. The Morgan fingerprint density at radius 1 is 1.64 bits per heavy atom. The first-order chi connectivity index (χ1) is 6.72. The van der Waals surface area contributed by atoms with E-state index in [1.54, 1.807) is 6.07 Å². The summed E-state index contributed by atoms with van der Waals surface area (Å²) < 4.78 is 1.18. The first-order valence-corrected chi connectivity index (χ1v) is 6.39. The summed E-state index contributed by atoms with van der Waals surface area (Å²) in [5.41, 5.74) is 2.66. The Bertz CT molecular complexity index is 469. The topological polar surface area (TPSA) is 53.1 Å². The summed E-state index contributed by atoms with van der Waals surface area (Å²) in [5.74, 6) is -0.869. The third-order valence-corrected chi connectivity index (χ3v) is 4.23. The molecule has 0 amide bonds. The molecular formula is C10H11NO2Se. The Labute approximate surface area is 87.5 Å². The first-order valence-electron chi connectivity index (χ1n) is 4.54. The minimum atomic E-state index is -0.869. The number of aromatic amines is 1. The van der Waals surface area contributed by atoms with Crippen LogP contribution >= 0.6 is 0 Å². The van der Waals surface area contributed by atoms with Crippen LogP contribution in [-0.2, 0) is 6.42 Å². The van der Waals surface area contributed by atoms with Crippen molar-refractivity contribution in [2.45, 2.75) is 19.8 Å². The molecule has 0 fully saturated rings. The summed E-state index contributed by atoms with van der Waals surface area (Å²) in [6, 6.07) is 1.76. The van der Waals surface area contributed by atoms with E-state index in [9.17, 15) is 4.79 Å². The van der Waals surface area contributed by atoms with E-state index in [1.165, 1.54) is 9.82 Å². The van der Waals surface area contributed by atoms with Crippen LogP contribution in [0, 0.1) is 0 Å². The number of H-pyrrole nitrogens is 1. The quantitative estimate of drug-likeness (QED) is 0.824. The van der Waals surface area contributed by atoms with Crippen LogP contribution in [0.15, 0.2) is 11.0 Å². The fraction of sp³-hybridized carbons (Fsp3) is 0.300. The van der Waals surface area contributed by atoms with E-state index < -0.39 is 5.97 Å². The summed E-state index contributed by atoms with van der Waals surface area (Å²) in [6.07, 6.45) is 2.14. The molecule has 2 aromatic rings. The Balaban J connectivity index is 2.50. The number of carboxylic acids is 1. The van der Waals surface area contributed by atoms with Crippen molar-refractivity contribution >= 4 is 30.2 Å². The number of aryl methyl sites for hydroxylation is 1. The molecular weight excluding hydrogens is 245 g/mol. The monoisotopic (exact) mass is 257 g/mol. The van der Waals surface area contributed by atoms with Crippen molar-refractivity contribution in [1.29, 1.82) is 0 Å². The van der Waals surface area contributed by atoms with Gasteiger partial charge in [0.15, 0.2) is 0 Å². The maximum atomic E-state index is 10.7. The Morgan fingerprint density at radius 2 is 2.43 bits per heavy atom. The van der Waals surface area contributed by atoms with Gasteiger partial charge in [0.1, 0.15) is 0 Å². The molecule has 2 aromatic heterocycles. The summed E-state index contributed by atoms with van der Waals surface area (Å²) in [5, 5.41) is 8.81. The van der Waals surface area contributed by atoms with Gasteiger partial charge < -0.3 is 0 Å². The molecule has 4 heteroatoms. The number of hydrogen-bond acceptors (Lipinski definition) is 1. The molecule has 0 unspecified atom stereocenters. The van der Waals surface area contributed by atoms with Crippen LogP contribution in [0.4, 0.5) is 0 Å². The SMILES string of the molecule is CCCc1c[se]c2cc(C(=O)O)[nH]c12. The molecule has 2 N–H and O–H groups in total. The predicted octanol–water partition coefficient (Wildman–Crippen LogP) is 1.88. The van der Waals surface area contributed by atoms with Crippen molar-refractivity contribution in [2.75, 3.05) is 0 Å². The van der Waals surface area contributed by atoms with E-state index in [1.807, 2.05) is 0 Å². The van der Waals surface area contributed by atoms with Crippen molar-refractivity contribution in [1.82, 2.24) is 4.98 Å². The fourth-order valence-corrected chi connectivity index (χ4v) is 3.61. The van der Waals surface area contributed by atoms with Crippen LogP contribution in [0.1, 0.15) is 29.4 Å². The number of fused-ring (bicyclic) bond motifs is 1. The second kappa shape index (κ2) is 3.64. The van der Waals surface area contributed by atoms with Gasteiger partial charge in [0, 0.05) is 0 Å². The Kier molecular flexibility index (Phi) is 2.48. The zero-order valence-electron chi connectivity index (χ0n) is 7.83. The third kappa shape index (κ3) is 1.51. The molecule has 0 aliphatic heterocycles. The van der Waals surface area contributed by atoms with Gasteiger partial charge in [-0.2, -0.15) is 0 Å². The van der Waals surface area contributed by atoms with Gasteiger partial charge in [-0.15, -0.1) is 0 Å². The average Bonchev–Trinajstić information content (AvgIpc) is 2.67. The van der Waals surface area contributed by atoms with Crippen molar-refractivity contribution in [3.05, 3.63) is 22.3 Å². The second-order valence-corrected chi connectivity index (χ2v) is 5.15. The normalized spacial score (nSPS) is 10.9. The van der Waals surface area contributed by atoms with Gasteiger partial charge in [-0.05, 0) is 0 Å². The number of hydrogen-bond donors (Lipinski definition) is 2. The zero-order chi connectivity index (χ0) is 10.1. The van der Waals surface area contributed by atoms with Gasteiger partial charge in [0.25, 0.3) is 0 Å². The second-order valence-electron chi connectivity index (χ2n) is 3.24. The van der Waals surface area contributed by atoms with Gasteiger partial charge in [0.05, 0.1) is 0 Å². The summed E-state index contributed by atoms with van der Waals surface area (Å²) >= 11 is 0.323. The Hall–Kier alpha value is -0.991. The van der Waals surface area contributed by atoms with Crippen LogP contribution < -0.4 is 0 Å². The molecule has 2 rings (SSSR count).